The summed E-state index contributed by atoms with van der Waals surface area (Å²) in [6.07, 6.45) is 3.45. The zero-order valence-electron chi connectivity index (χ0n) is 14.4. The Labute approximate surface area is 143 Å². The van der Waals surface area contributed by atoms with Crippen molar-refractivity contribution in [3.05, 3.63) is 30.7 Å². The Hall–Kier alpha value is -2.57. The molecule has 0 saturated carbocycles. The Bertz CT molecular complexity index is 649. The largest absolute Gasteiger partial charge is 0.393 e. The van der Waals surface area contributed by atoms with Crippen LogP contribution in [0, 0.1) is 0 Å². The van der Waals surface area contributed by atoms with Gasteiger partial charge in [-0.3, -0.25) is 0 Å². The molecule has 0 amide bonds. The van der Waals surface area contributed by atoms with Crippen LogP contribution < -0.4 is 20.4 Å². The zero-order chi connectivity index (χ0) is 16.9. The van der Waals surface area contributed by atoms with Crippen LogP contribution in [0.5, 0.6) is 0 Å². The van der Waals surface area contributed by atoms with Gasteiger partial charge < -0.3 is 20.4 Å². The topological polar surface area (TPSA) is 74.4 Å². The van der Waals surface area contributed by atoms with Crippen LogP contribution >= 0.6 is 0 Å². The van der Waals surface area contributed by atoms with Crippen LogP contribution in [-0.2, 0) is 0 Å². The number of piperazine rings is 1. The second-order valence-electron chi connectivity index (χ2n) is 5.77. The summed E-state index contributed by atoms with van der Waals surface area (Å²) in [4.78, 5) is 19.9. The van der Waals surface area contributed by atoms with E-state index in [1.165, 1.54) is 0 Å². The van der Waals surface area contributed by atoms with E-state index in [2.05, 4.69) is 43.5 Å². The third-order valence-electron chi connectivity index (χ3n) is 4.46. The van der Waals surface area contributed by atoms with Crippen LogP contribution in [0.4, 0.5) is 23.1 Å². The van der Waals surface area contributed by atoms with Crippen molar-refractivity contribution in [2.75, 3.05) is 59.7 Å². The minimum atomic E-state index is 0.674. The number of hydrogen-bond donors (Lipinski definition) is 1. The molecule has 3 rings (SSSR count). The molecule has 1 aliphatic rings. The molecular formula is C17H25N7. The first-order valence-electron chi connectivity index (χ1n) is 8.51. The lowest BCUT2D eigenvalue weighted by Crippen LogP contribution is -2.47. The van der Waals surface area contributed by atoms with E-state index in [9.17, 15) is 0 Å². The average Bonchev–Trinajstić information content (AvgIpc) is 2.65. The molecule has 1 saturated heterocycles. The molecule has 0 aromatic carbocycles. The van der Waals surface area contributed by atoms with Crippen molar-refractivity contribution in [1.29, 1.82) is 0 Å². The first kappa shape index (κ1) is 16.3. The lowest BCUT2D eigenvalue weighted by molar-refractivity contribution is 0.641. The molecule has 24 heavy (non-hydrogen) atoms. The highest BCUT2D eigenvalue weighted by molar-refractivity contribution is 5.76. The van der Waals surface area contributed by atoms with Gasteiger partial charge in [-0.05, 0) is 26.0 Å². The number of pyridine rings is 1. The Balaban J connectivity index is 1.74. The summed E-state index contributed by atoms with van der Waals surface area (Å²) < 4.78 is 0. The second-order valence-corrected chi connectivity index (χ2v) is 5.77. The van der Waals surface area contributed by atoms with Gasteiger partial charge in [0.2, 0.25) is 0 Å². The standard InChI is InChI=1S/C17H25N7/c1-3-22(4-2)16-15(18)17(21-13-20-16)24-11-9-23(10-12-24)14-7-5-6-8-19-14/h5-8,13H,3-4,9-12,18H2,1-2H3. The van der Waals surface area contributed by atoms with Gasteiger partial charge in [0.25, 0.3) is 0 Å². The first-order chi connectivity index (χ1) is 11.7. The fourth-order valence-corrected chi connectivity index (χ4v) is 3.09. The Morgan fingerprint density at radius 1 is 1.00 bits per heavy atom. The molecule has 0 aliphatic carbocycles. The normalized spacial score (nSPS) is 14.8. The molecule has 3 heterocycles. The van der Waals surface area contributed by atoms with E-state index in [1.807, 2.05) is 24.4 Å². The zero-order valence-corrected chi connectivity index (χ0v) is 14.4. The summed E-state index contributed by atoms with van der Waals surface area (Å²) in [5.41, 5.74) is 7.05. The number of nitrogens with zero attached hydrogens (tertiary/aromatic N) is 6. The van der Waals surface area contributed by atoms with E-state index in [4.69, 9.17) is 5.73 Å². The molecule has 1 aliphatic heterocycles. The Kier molecular flexibility index (Phi) is 4.98. The van der Waals surface area contributed by atoms with Crippen LogP contribution in [0.3, 0.4) is 0 Å². The molecule has 0 radical (unpaired) electrons. The molecule has 1 fully saturated rings. The number of rotatable bonds is 5. The molecule has 2 aromatic heterocycles. The van der Waals surface area contributed by atoms with Crippen LogP contribution in [-0.4, -0.2) is 54.2 Å². The molecule has 0 bridgehead atoms. The van der Waals surface area contributed by atoms with Crippen molar-refractivity contribution >= 4 is 23.1 Å². The van der Waals surface area contributed by atoms with Crippen LogP contribution in [0.2, 0.25) is 0 Å². The van der Waals surface area contributed by atoms with Gasteiger partial charge >= 0.3 is 0 Å². The van der Waals surface area contributed by atoms with Crippen LogP contribution in [0.25, 0.3) is 0 Å². The van der Waals surface area contributed by atoms with Gasteiger partial charge in [0.1, 0.15) is 17.8 Å². The van der Waals surface area contributed by atoms with Crippen molar-refractivity contribution in [3.8, 4) is 0 Å². The first-order valence-corrected chi connectivity index (χ1v) is 8.51. The summed E-state index contributed by atoms with van der Waals surface area (Å²) in [6, 6.07) is 6.01. The maximum absolute atomic E-state index is 6.38. The van der Waals surface area contributed by atoms with Crippen LogP contribution in [0.1, 0.15) is 13.8 Å². The molecule has 0 atom stereocenters. The molecule has 2 N–H and O–H groups in total. The fraction of sp³-hybridized carbons (Fsp3) is 0.471. The third kappa shape index (κ3) is 3.20. The number of hydrogen-bond acceptors (Lipinski definition) is 7. The van der Waals surface area contributed by atoms with Crippen molar-refractivity contribution in [3.63, 3.8) is 0 Å². The van der Waals surface area contributed by atoms with Gasteiger partial charge in [-0.25, -0.2) is 15.0 Å². The summed E-state index contributed by atoms with van der Waals surface area (Å²) in [5, 5.41) is 0. The monoisotopic (exact) mass is 327 g/mol. The second kappa shape index (κ2) is 7.33. The van der Waals surface area contributed by atoms with E-state index in [-0.39, 0.29) is 0 Å². The Morgan fingerprint density at radius 3 is 2.33 bits per heavy atom. The summed E-state index contributed by atoms with van der Waals surface area (Å²) >= 11 is 0. The van der Waals surface area contributed by atoms with E-state index in [0.29, 0.717) is 5.69 Å². The van der Waals surface area contributed by atoms with Gasteiger partial charge in [0, 0.05) is 45.5 Å². The summed E-state index contributed by atoms with van der Waals surface area (Å²) in [5.74, 6) is 2.70. The quantitative estimate of drug-likeness (QED) is 0.894. The number of aromatic nitrogens is 3. The smallest absolute Gasteiger partial charge is 0.157 e. The lowest BCUT2D eigenvalue weighted by atomic mass is 10.2. The minimum absolute atomic E-state index is 0.674. The van der Waals surface area contributed by atoms with Gasteiger partial charge in [0.05, 0.1) is 0 Å². The van der Waals surface area contributed by atoms with Crippen molar-refractivity contribution < 1.29 is 0 Å². The van der Waals surface area contributed by atoms with Gasteiger partial charge in [-0.15, -0.1) is 0 Å². The highest BCUT2D eigenvalue weighted by Gasteiger charge is 2.22. The maximum atomic E-state index is 6.38. The summed E-state index contributed by atoms with van der Waals surface area (Å²) in [6.45, 7) is 9.52. The number of nitrogen functional groups attached to an aromatic ring is 1. The van der Waals surface area contributed by atoms with Gasteiger partial charge in [-0.1, -0.05) is 6.07 Å². The van der Waals surface area contributed by atoms with Gasteiger partial charge in [-0.2, -0.15) is 0 Å². The molecule has 0 unspecified atom stereocenters. The van der Waals surface area contributed by atoms with Crippen molar-refractivity contribution in [1.82, 2.24) is 15.0 Å². The maximum Gasteiger partial charge on any atom is 0.157 e. The summed E-state index contributed by atoms with van der Waals surface area (Å²) in [7, 11) is 0. The molecule has 2 aromatic rings. The molecule has 7 nitrogen and oxygen atoms in total. The third-order valence-corrected chi connectivity index (χ3v) is 4.46. The molecule has 128 valence electrons. The number of nitrogens with two attached hydrogens (primary N) is 1. The van der Waals surface area contributed by atoms with Crippen molar-refractivity contribution in [2.45, 2.75) is 13.8 Å². The Morgan fingerprint density at radius 2 is 1.71 bits per heavy atom. The average molecular weight is 327 g/mol. The van der Waals surface area contributed by atoms with Gasteiger partial charge in [0.15, 0.2) is 11.6 Å². The fourth-order valence-electron chi connectivity index (χ4n) is 3.09. The van der Waals surface area contributed by atoms with E-state index >= 15 is 0 Å². The SMILES string of the molecule is CCN(CC)c1ncnc(N2CCN(c3ccccn3)CC2)c1N. The molecule has 7 heteroatoms. The van der Waals surface area contributed by atoms with Crippen molar-refractivity contribution in [2.24, 2.45) is 0 Å². The predicted octanol–water partition coefficient (Wildman–Crippen LogP) is 1.63. The van der Waals surface area contributed by atoms with E-state index in [1.54, 1.807) is 6.33 Å². The lowest BCUT2D eigenvalue weighted by Gasteiger charge is -2.36. The molecular weight excluding hydrogens is 302 g/mol. The predicted molar refractivity (Wildman–Crippen MR) is 98.7 cm³/mol. The van der Waals surface area contributed by atoms with E-state index in [0.717, 1.165) is 56.7 Å². The number of anilines is 4. The van der Waals surface area contributed by atoms with E-state index < -0.39 is 0 Å². The van der Waals surface area contributed by atoms with Crippen LogP contribution in [0.15, 0.2) is 30.7 Å². The minimum Gasteiger partial charge on any atom is -0.393 e. The molecule has 0 spiro atoms. The highest BCUT2D eigenvalue weighted by atomic mass is 15.3. The highest BCUT2D eigenvalue weighted by Crippen LogP contribution is 2.29.